The van der Waals surface area contributed by atoms with E-state index >= 15 is 0 Å². The minimum Gasteiger partial charge on any atom is -0.337 e. The van der Waals surface area contributed by atoms with Crippen LogP contribution >= 0.6 is 11.3 Å². The van der Waals surface area contributed by atoms with Gasteiger partial charge in [0.2, 0.25) is 0 Å². The number of rotatable bonds is 3. The predicted octanol–water partition coefficient (Wildman–Crippen LogP) is 3.18. The molecule has 0 aromatic carbocycles. The Kier molecular flexibility index (Phi) is 4.34. The molecule has 3 aromatic heterocycles. The average Bonchev–Trinajstić information content (AvgIpc) is 3.23. The molecule has 5 heterocycles. The number of carbonyl (C=O) groups excluding carboxylic acids is 2. The molecule has 0 N–H and O–H groups in total. The van der Waals surface area contributed by atoms with E-state index in [4.69, 9.17) is 0 Å². The Morgan fingerprint density at radius 3 is 2.68 bits per heavy atom. The SMILES string of the molecule is O=C(c1csc([C@@H]2CCCN2C(=O)c2cc3cccnn3n2)n1)N1CCC2(CC1)CC2. The first-order valence-electron chi connectivity index (χ1n) is 11.0. The Morgan fingerprint density at radius 2 is 1.90 bits per heavy atom. The van der Waals surface area contributed by atoms with Gasteiger partial charge < -0.3 is 9.80 Å². The molecule has 2 saturated heterocycles. The molecule has 0 radical (unpaired) electrons. The van der Waals surface area contributed by atoms with E-state index in [-0.39, 0.29) is 17.9 Å². The zero-order chi connectivity index (χ0) is 21.0. The molecule has 0 unspecified atom stereocenters. The Hall–Kier alpha value is -2.81. The van der Waals surface area contributed by atoms with Crippen LogP contribution in [0.5, 0.6) is 0 Å². The zero-order valence-corrected chi connectivity index (χ0v) is 18.1. The normalized spacial score (nSPS) is 22.4. The van der Waals surface area contributed by atoms with E-state index in [0.29, 0.717) is 23.3 Å². The van der Waals surface area contributed by atoms with E-state index < -0.39 is 0 Å². The number of fused-ring (bicyclic) bond motifs is 1. The van der Waals surface area contributed by atoms with E-state index in [1.165, 1.54) is 28.8 Å². The van der Waals surface area contributed by atoms with Gasteiger partial charge in [-0.05, 0) is 62.1 Å². The minimum atomic E-state index is -0.109. The van der Waals surface area contributed by atoms with Crippen molar-refractivity contribution < 1.29 is 9.59 Å². The molecular weight excluding hydrogens is 412 g/mol. The Bertz CT molecular complexity index is 1120. The summed E-state index contributed by atoms with van der Waals surface area (Å²) in [6.45, 7) is 2.34. The molecule has 1 atom stereocenters. The zero-order valence-electron chi connectivity index (χ0n) is 17.2. The Balaban J connectivity index is 1.19. The maximum absolute atomic E-state index is 13.2. The molecule has 9 heteroatoms. The topological polar surface area (TPSA) is 83.7 Å². The molecule has 3 aromatic rings. The number of likely N-dealkylation sites (tertiary alicyclic amines) is 2. The van der Waals surface area contributed by atoms with Crippen molar-refractivity contribution in [2.75, 3.05) is 19.6 Å². The van der Waals surface area contributed by atoms with E-state index in [0.717, 1.165) is 49.3 Å². The highest BCUT2D eigenvalue weighted by Crippen LogP contribution is 2.53. The standard InChI is InChI=1S/C22H24N6O2S/c29-20(26-11-7-22(5-6-22)8-12-26)17-14-31-19(24-17)18-4-2-10-27(18)21(30)16-13-15-3-1-9-23-28(15)25-16/h1,3,9,13-14,18H,2,4-8,10-12H2/t18-/m0/s1. The van der Waals surface area contributed by atoms with Crippen molar-refractivity contribution in [2.24, 2.45) is 5.41 Å². The van der Waals surface area contributed by atoms with Gasteiger partial charge in [0.25, 0.3) is 11.8 Å². The van der Waals surface area contributed by atoms with Crippen LogP contribution in [-0.4, -0.2) is 61.1 Å². The summed E-state index contributed by atoms with van der Waals surface area (Å²) in [5, 5.41) is 11.2. The molecule has 3 aliphatic rings. The summed E-state index contributed by atoms with van der Waals surface area (Å²) in [6.07, 6.45) is 8.30. The number of carbonyl (C=O) groups is 2. The van der Waals surface area contributed by atoms with Crippen molar-refractivity contribution >= 4 is 28.7 Å². The lowest BCUT2D eigenvalue weighted by atomic mass is 9.93. The molecule has 1 saturated carbocycles. The molecule has 160 valence electrons. The number of amides is 2. The van der Waals surface area contributed by atoms with Gasteiger partial charge in [0.05, 0.1) is 11.6 Å². The molecule has 6 rings (SSSR count). The highest BCUT2D eigenvalue weighted by Gasteiger charge is 2.45. The summed E-state index contributed by atoms with van der Waals surface area (Å²) in [7, 11) is 0. The summed E-state index contributed by atoms with van der Waals surface area (Å²) in [5.74, 6) is -0.0814. The quantitative estimate of drug-likeness (QED) is 0.630. The van der Waals surface area contributed by atoms with Gasteiger partial charge in [-0.3, -0.25) is 9.59 Å². The summed E-state index contributed by atoms with van der Waals surface area (Å²) >= 11 is 1.48. The van der Waals surface area contributed by atoms with Crippen molar-refractivity contribution in [3.63, 3.8) is 0 Å². The monoisotopic (exact) mass is 436 g/mol. The number of nitrogens with zero attached hydrogens (tertiary/aromatic N) is 6. The summed E-state index contributed by atoms with van der Waals surface area (Å²) in [6, 6.07) is 5.37. The van der Waals surface area contributed by atoms with E-state index in [1.807, 2.05) is 27.3 Å². The van der Waals surface area contributed by atoms with Gasteiger partial charge in [-0.25, -0.2) is 4.98 Å². The fourth-order valence-corrected chi connectivity index (χ4v) is 5.86. The van der Waals surface area contributed by atoms with Crippen molar-refractivity contribution in [3.8, 4) is 0 Å². The fourth-order valence-electron chi connectivity index (χ4n) is 4.92. The van der Waals surface area contributed by atoms with E-state index in [2.05, 4.69) is 15.2 Å². The maximum atomic E-state index is 13.2. The van der Waals surface area contributed by atoms with Gasteiger partial charge in [0.15, 0.2) is 5.69 Å². The molecule has 1 spiro atoms. The first kappa shape index (κ1) is 18.9. The lowest BCUT2D eigenvalue weighted by molar-refractivity contribution is 0.0673. The first-order chi connectivity index (χ1) is 15.1. The van der Waals surface area contributed by atoms with Crippen LogP contribution in [0.3, 0.4) is 0 Å². The van der Waals surface area contributed by atoms with Gasteiger partial charge >= 0.3 is 0 Å². The van der Waals surface area contributed by atoms with Crippen LogP contribution in [0.25, 0.3) is 5.52 Å². The third-order valence-corrected chi connectivity index (χ3v) is 8.02. The summed E-state index contributed by atoms with van der Waals surface area (Å²) in [4.78, 5) is 34.6. The second-order valence-corrected chi connectivity index (χ2v) is 9.88. The van der Waals surface area contributed by atoms with Crippen molar-refractivity contribution in [1.29, 1.82) is 0 Å². The molecule has 0 bridgehead atoms. The lowest BCUT2D eigenvalue weighted by Gasteiger charge is -2.31. The predicted molar refractivity (Wildman–Crippen MR) is 115 cm³/mol. The van der Waals surface area contributed by atoms with Gasteiger partial charge in [-0.2, -0.15) is 9.73 Å². The van der Waals surface area contributed by atoms with Crippen LogP contribution in [0.1, 0.15) is 70.6 Å². The minimum absolute atomic E-state index is 0.0281. The van der Waals surface area contributed by atoms with E-state index in [9.17, 15) is 9.59 Å². The second kappa shape index (κ2) is 7.12. The van der Waals surface area contributed by atoms with Crippen LogP contribution in [0.15, 0.2) is 29.8 Å². The molecule has 1 aliphatic carbocycles. The van der Waals surface area contributed by atoms with Crippen LogP contribution in [0.2, 0.25) is 0 Å². The maximum Gasteiger partial charge on any atom is 0.275 e. The summed E-state index contributed by atoms with van der Waals surface area (Å²) in [5.41, 5.74) is 2.24. The first-order valence-corrected chi connectivity index (χ1v) is 11.9. The molecular formula is C22H24N6O2S. The smallest absolute Gasteiger partial charge is 0.275 e. The van der Waals surface area contributed by atoms with E-state index in [1.54, 1.807) is 12.3 Å². The van der Waals surface area contributed by atoms with Gasteiger partial charge in [-0.1, -0.05) is 0 Å². The number of hydrogen-bond acceptors (Lipinski definition) is 6. The third-order valence-electron chi connectivity index (χ3n) is 7.07. The molecule has 8 nitrogen and oxygen atoms in total. The van der Waals surface area contributed by atoms with Crippen molar-refractivity contribution in [1.82, 2.24) is 29.6 Å². The fraction of sp³-hybridized carbons (Fsp3) is 0.500. The molecule has 3 fully saturated rings. The van der Waals surface area contributed by atoms with Crippen LogP contribution < -0.4 is 0 Å². The average molecular weight is 437 g/mol. The van der Waals surface area contributed by atoms with Crippen LogP contribution in [0.4, 0.5) is 0 Å². The number of aromatic nitrogens is 4. The number of thiazole rings is 1. The van der Waals surface area contributed by atoms with Crippen LogP contribution in [-0.2, 0) is 0 Å². The lowest BCUT2D eigenvalue weighted by Crippen LogP contribution is -2.39. The number of hydrogen-bond donors (Lipinski definition) is 0. The molecule has 2 aliphatic heterocycles. The molecule has 2 amide bonds. The van der Waals surface area contributed by atoms with Gasteiger partial charge in [0.1, 0.15) is 10.7 Å². The third kappa shape index (κ3) is 3.31. The highest BCUT2D eigenvalue weighted by atomic mass is 32.1. The van der Waals surface area contributed by atoms with Gasteiger partial charge in [0, 0.05) is 31.2 Å². The Morgan fingerprint density at radius 1 is 1.06 bits per heavy atom. The largest absolute Gasteiger partial charge is 0.337 e. The molecule has 31 heavy (non-hydrogen) atoms. The Labute approximate surface area is 183 Å². The van der Waals surface area contributed by atoms with Gasteiger partial charge in [-0.15, -0.1) is 16.4 Å². The summed E-state index contributed by atoms with van der Waals surface area (Å²) < 4.78 is 1.48. The van der Waals surface area contributed by atoms with Crippen LogP contribution in [0, 0.1) is 5.41 Å². The van der Waals surface area contributed by atoms with Crippen molar-refractivity contribution in [3.05, 3.63) is 46.2 Å². The number of piperidine rings is 1. The second-order valence-electron chi connectivity index (χ2n) is 8.99. The highest BCUT2D eigenvalue weighted by molar-refractivity contribution is 7.09. The van der Waals surface area contributed by atoms with Crippen molar-refractivity contribution in [2.45, 2.75) is 44.6 Å².